The molecule has 1 heterocycles. The van der Waals surface area contributed by atoms with Crippen molar-refractivity contribution in [1.82, 2.24) is 10.6 Å². The molecule has 1 amide bonds. The van der Waals surface area contributed by atoms with Crippen LogP contribution in [0.25, 0.3) is 0 Å². The SMILES string of the molecule is COCC1(C(=O)NCCc2ccc(OC)c(OC)c2)CCNC1. The fourth-order valence-corrected chi connectivity index (χ4v) is 2.95. The zero-order valence-corrected chi connectivity index (χ0v) is 14.1. The lowest BCUT2D eigenvalue weighted by molar-refractivity contribution is -0.132. The molecule has 2 N–H and O–H groups in total. The Balaban J connectivity index is 1.90. The van der Waals surface area contributed by atoms with E-state index in [1.54, 1.807) is 21.3 Å². The van der Waals surface area contributed by atoms with Crippen LogP contribution >= 0.6 is 0 Å². The highest BCUT2D eigenvalue weighted by Crippen LogP contribution is 2.28. The number of benzene rings is 1. The largest absolute Gasteiger partial charge is 0.493 e. The van der Waals surface area contributed by atoms with Crippen LogP contribution in [0.15, 0.2) is 18.2 Å². The molecule has 1 aliphatic heterocycles. The third kappa shape index (κ3) is 4.14. The summed E-state index contributed by atoms with van der Waals surface area (Å²) in [6.45, 7) is 2.55. The van der Waals surface area contributed by atoms with Gasteiger partial charge in [0.1, 0.15) is 0 Å². The second-order valence-corrected chi connectivity index (χ2v) is 5.84. The van der Waals surface area contributed by atoms with Gasteiger partial charge >= 0.3 is 0 Å². The van der Waals surface area contributed by atoms with E-state index >= 15 is 0 Å². The highest BCUT2D eigenvalue weighted by molar-refractivity contribution is 5.83. The fraction of sp³-hybridized carbons (Fsp3) is 0.588. The summed E-state index contributed by atoms with van der Waals surface area (Å²) in [7, 11) is 4.87. The molecule has 1 atom stereocenters. The lowest BCUT2D eigenvalue weighted by Gasteiger charge is -2.26. The van der Waals surface area contributed by atoms with E-state index in [0.717, 1.165) is 24.9 Å². The zero-order chi connectivity index (χ0) is 16.7. The van der Waals surface area contributed by atoms with E-state index in [1.165, 1.54) is 0 Å². The molecule has 6 heteroatoms. The Labute approximate surface area is 137 Å². The molecule has 0 spiro atoms. The minimum Gasteiger partial charge on any atom is -0.493 e. The normalized spacial score (nSPS) is 20.3. The molecule has 0 saturated carbocycles. The number of nitrogens with one attached hydrogen (secondary N) is 2. The summed E-state index contributed by atoms with van der Waals surface area (Å²) >= 11 is 0. The van der Waals surface area contributed by atoms with Crippen LogP contribution in [0.3, 0.4) is 0 Å². The van der Waals surface area contributed by atoms with Crippen LogP contribution < -0.4 is 20.1 Å². The van der Waals surface area contributed by atoms with Gasteiger partial charge < -0.3 is 24.8 Å². The Morgan fingerprint density at radius 1 is 1.26 bits per heavy atom. The molecule has 6 nitrogen and oxygen atoms in total. The van der Waals surface area contributed by atoms with Gasteiger partial charge in [0, 0.05) is 20.2 Å². The second kappa shape index (κ2) is 8.17. The summed E-state index contributed by atoms with van der Waals surface area (Å²) in [4.78, 5) is 12.5. The van der Waals surface area contributed by atoms with E-state index in [0.29, 0.717) is 31.2 Å². The molecule has 1 unspecified atom stereocenters. The average molecular weight is 322 g/mol. The average Bonchev–Trinajstić information content (AvgIpc) is 3.04. The predicted octanol–water partition coefficient (Wildman–Crippen LogP) is 0.989. The summed E-state index contributed by atoms with van der Waals surface area (Å²) in [5, 5.41) is 6.28. The second-order valence-electron chi connectivity index (χ2n) is 5.84. The number of carbonyl (C=O) groups is 1. The fourth-order valence-electron chi connectivity index (χ4n) is 2.95. The summed E-state index contributed by atoms with van der Waals surface area (Å²) in [6, 6.07) is 5.80. The maximum Gasteiger partial charge on any atom is 0.229 e. The number of carbonyl (C=O) groups excluding carboxylic acids is 1. The Kier molecular flexibility index (Phi) is 6.24. The molecule has 23 heavy (non-hydrogen) atoms. The minimum absolute atomic E-state index is 0.0600. The number of rotatable bonds is 8. The van der Waals surface area contributed by atoms with Gasteiger partial charge in [0.15, 0.2) is 11.5 Å². The first kappa shape index (κ1) is 17.6. The third-order valence-corrected chi connectivity index (χ3v) is 4.29. The van der Waals surface area contributed by atoms with Gasteiger partial charge in [0.2, 0.25) is 5.91 Å². The molecule has 1 aliphatic rings. The van der Waals surface area contributed by atoms with E-state index in [2.05, 4.69) is 10.6 Å². The van der Waals surface area contributed by atoms with Crippen LogP contribution in [-0.4, -0.2) is 53.5 Å². The molecule has 0 aliphatic carbocycles. The summed E-state index contributed by atoms with van der Waals surface area (Å²) in [6.07, 6.45) is 1.55. The van der Waals surface area contributed by atoms with E-state index in [-0.39, 0.29) is 5.91 Å². The minimum atomic E-state index is -0.438. The molecule has 1 saturated heterocycles. The van der Waals surface area contributed by atoms with Crippen molar-refractivity contribution in [2.24, 2.45) is 5.41 Å². The van der Waals surface area contributed by atoms with E-state index < -0.39 is 5.41 Å². The lowest BCUT2D eigenvalue weighted by atomic mass is 9.87. The first-order valence-electron chi connectivity index (χ1n) is 7.84. The molecule has 0 radical (unpaired) electrons. The molecule has 2 rings (SSSR count). The number of hydrogen-bond donors (Lipinski definition) is 2. The van der Waals surface area contributed by atoms with Crippen LogP contribution in [0.1, 0.15) is 12.0 Å². The molecule has 1 aromatic carbocycles. The van der Waals surface area contributed by atoms with E-state index in [4.69, 9.17) is 14.2 Å². The van der Waals surface area contributed by atoms with Gasteiger partial charge in [-0.3, -0.25) is 4.79 Å². The van der Waals surface area contributed by atoms with Crippen LogP contribution in [0.5, 0.6) is 11.5 Å². The number of amides is 1. The van der Waals surface area contributed by atoms with E-state index in [9.17, 15) is 4.79 Å². The highest BCUT2D eigenvalue weighted by atomic mass is 16.5. The molecular formula is C17H26N2O4. The number of hydrogen-bond acceptors (Lipinski definition) is 5. The van der Waals surface area contributed by atoms with Crippen LogP contribution in [-0.2, 0) is 16.0 Å². The summed E-state index contributed by atoms with van der Waals surface area (Å²) in [5.41, 5.74) is 0.653. The monoisotopic (exact) mass is 322 g/mol. The number of ether oxygens (including phenoxy) is 3. The molecule has 1 aromatic rings. The van der Waals surface area contributed by atoms with Gasteiger partial charge in [-0.2, -0.15) is 0 Å². The maximum atomic E-state index is 12.5. The van der Waals surface area contributed by atoms with Gasteiger partial charge in [-0.25, -0.2) is 0 Å². The Morgan fingerprint density at radius 3 is 2.65 bits per heavy atom. The van der Waals surface area contributed by atoms with Crippen molar-refractivity contribution in [3.63, 3.8) is 0 Å². The Morgan fingerprint density at radius 2 is 2.04 bits per heavy atom. The van der Waals surface area contributed by atoms with E-state index in [1.807, 2.05) is 18.2 Å². The van der Waals surface area contributed by atoms with Crippen LogP contribution in [0, 0.1) is 5.41 Å². The smallest absolute Gasteiger partial charge is 0.229 e. The Hall–Kier alpha value is -1.79. The molecular weight excluding hydrogens is 296 g/mol. The molecule has 1 fully saturated rings. The quantitative estimate of drug-likeness (QED) is 0.747. The first-order valence-corrected chi connectivity index (χ1v) is 7.84. The van der Waals surface area contributed by atoms with Gasteiger partial charge in [0.25, 0.3) is 0 Å². The van der Waals surface area contributed by atoms with Gasteiger partial charge in [-0.1, -0.05) is 6.07 Å². The molecule has 0 bridgehead atoms. The van der Waals surface area contributed by atoms with Gasteiger partial charge in [-0.05, 0) is 37.1 Å². The van der Waals surface area contributed by atoms with Crippen molar-refractivity contribution >= 4 is 5.91 Å². The van der Waals surface area contributed by atoms with Crippen molar-refractivity contribution in [3.8, 4) is 11.5 Å². The van der Waals surface area contributed by atoms with Crippen molar-refractivity contribution in [1.29, 1.82) is 0 Å². The highest BCUT2D eigenvalue weighted by Gasteiger charge is 2.41. The van der Waals surface area contributed by atoms with Gasteiger partial charge in [0.05, 0.1) is 26.2 Å². The first-order chi connectivity index (χ1) is 11.1. The van der Waals surface area contributed by atoms with Crippen LogP contribution in [0.2, 0.25) is 0 Å². The Bertz CT molecular complexity index is 527. The predicted molar refractivity (Wildman–Crippen MR) is 88.1 cm³/mol. The molecule has 128 valence electrons. The summed E-state index contributed by atoms with van der Waals surface area (Å²) in [5.74, 6) is 1.47. The topological polar surface area (TPSA) is 68.8 Å². The van der Waals surface area contributed by atoms with Crippen molar-refractivity contribution in [3.05, 3.63) is 23.8 Å². The standard InChI is InChI=1S/C17H26N2O4/c1-21-12-17(7-9-18-11-17)16(20)19-8-6-13-4-5-14(22-2)15(10-13)23-3/h4-5,10,18H,6-9,11-12H2,1-3H3,(H,19,20). The van der Waals surface area contributed by atoms with Crippen molar-refractivity contribution < 1.29 is 19.0 Å². The molecule has 0 aromatic heterocycles. The van der Waals surface area contributed by atoms with Crippen molar-refractivity contribution in [2.75, 3.05) is 47.6 Å². The summed E-state index contributed by atoms with van der Waals surface area (Å²) < 4.78 is 15.8. The number of methoxy groups -OCH3 is 3. The lowest BCUT2D eigenvalue weighted by Crippen LogP contribution is -2.46. The zero-order valence-electron chi connectivity index (χ0n) is 14.1. The third-order valence-electron chi connectivity index (χ3n) is 4.29. The van der Waals surface area contributed by atoms with Crippen molar-refractivity contribution in [2.45, 2.75) is 12.8 Å². The van der Waals surface area contributed by atoms with Crippen LogP contribution in [0.4, 0.5) is 0 Å². The van der Waals surface area contributed by atoms with Gasteiger partial charge in [-0.15, -0.1) is 0 Å². The maximum absolute atomic E-state index is 12.5.